The van der Waals surface area contributed by atoms with Crippen molar-refractivity contribution in [2.75, 3.05) is 18.5 Å². The highest BCUT2D eigenvalue weighted by molar-refractivity contribution is 6.04. The van der Waals surface area contributed by atoms with Gasteiger partial charge in [-0.25, -0.2) is 14.0 Å². The number of esters is 2. The molecule has 0 saturated heterocycles. The number of halogens is 1. The molecule has 3 fully saturated rings. The first-order valence-corrected chi connectivity index (χ1v) is 21.0. The zero-order valence-corrected chi connectivity index (χ0v) is 34.8. The summed E-state index contributed by atoms with van der Waals surface area (Å²) in [5, 5.41) is 28.8. The van der Waals surface area contributed by atoms with Crippen molar-refractivity contribution < 1.29 is 48.0 Å². The molecule has 0 unspecified atom stereocenters. The van der Waals surface area contributed by atoms with Gasteiger partial charge in [0.2, 0.25) is 11.7 Å². The first-order chi connectivity index (χ1) is 29.5. The molecule has 62 heavy (non-hydrogen) atoms. The van der Waals surface area contributed by atoms with Gasteiger partial charge in [0.05, 0.1) is 23.1 Å². The lowest BCUT2D eigenvalue weighted by Crippen LogP contribution is -2.69. The van der Waals surface area contributed by atoms with E-state index in [1.54, 1.807) is 75.6 Å². The summed E-state index contributed by atoms with van der Waals surface area (Å²) < 4.78 is 28.6. The second-order valence-electron chi connectivity index (χ2n) is 17.7. The van der Waals surface area contributed by atoms with E-state index in [4.69, 9.17) is 15.2 Å². The molecular weight excluding hydrogens is 794 g/mol. The number of alkyl halides is 1. The number of fused-ring (bicyclic) bond motifs is 6. The molecule has 0 aliphatic heterocycles. The van der Waals surface area contributed by atoms with Crippen molar-refractivity contribution in [3.05, 3.63) is 131 Å². The molecule has 8 rings (SSSR count). The number of hydrogen-bond donors (Lipinski definition) is 4. The fourth-order valence-corrected chi connectivity index (χ4v) is 11.2. The van der Waals surface area contributed by atoms with Crippen LogP contribution in [0.5, 0.6) is 0 Å². The van der Waals surface area contributed by atoms with Gasteiger partial charge in [0.15, 0.2) is 18.1 Å². The van der Waals surface area contributed by atoms with Crippen molar-refractivity contribution in [2.45, 2.75) is 76.4 Å². The molecule has 3 saturated carbocycles. The molecular formula is C49H50FN3O9. The Morgan fingerprint density at radius 1 is 0.968 bits per heavy atom. The number of carbonyl (C=O) groups is 5. The summed E-state index contributed by atoms with van der Waals surface area (Å²) in [6, 6.07) is 20.1. The van der Waals surface area contributed by atoms with Gasteiger partial charge in [-0.1, -0.05) is 68.0 Å². The summed E-state index contributed by atoms with van der Waals surface area (Å²) in [5.41, 5.74) is 1.63. The molecule has 1 amide bonds. The van der Waals surface area contributed by atoms with E-state index in [9.17, 15) is 34.2 Å². The Kier molecular flexibility index (Phi) is 11.1. The van der Waals surface area contributed by atoms with Crippen LogP contribution in [0.2, 0.25) is 0 Å². The van der Waals surface area contributed by atoms with Gasteiger partial charge in [-0.2, -0.15) is 0 Å². The number of anilines is 1. The second-order valence-corrected chi connectivity index (χ2v) is 17.7. The third-order valence-corrected chi connectivity index (χ3v) is 14.6. The highest BCUT2D eigenvalue weighted by atomic mass is 19.1. The number of aromatic nitrogens is 1. The maximum absolute atomic E-state index is 17.6. The fourth-order valence-electron chi connectivity index (χ4n) is 11.2. The average Bonchev–Trinajstić information content (AvgIpc) is 3.47. The summed E-state index contributed by atoms with van der Waals surface area (Å²) in [4.78, 5) is 70.5. The van der Waals surface area contributed by atoms with Gasteiger partial charge in [-0.3, -0.25) is 19.4 Å². The van der Waals surface area contributed by atoms with Crippen LogP contribution >= 0.6 is 0 Å². The molecule has 1 aromatic heterocycles. The molecule has 4 aromatic rings. The number of ether oxygens (including phenoxy) is 2. The van der Waals surface area contributed by atoms with Crippen LogP contribution in [0.25, 0.3) is 10.8 Å². The number of aliphatic hydroxyl groups excluding tert-OH is 1. The molecule has 3 aromatic carbocycles. The van der Waals surface area contributed by atoms with Crippen molar-refractivity contribution in [3.8, 4) is 0 Å². The summed E-state index contributed by atoms with van der Waals surface area (Å²) in [7, 11) is 0. The largest absolute Gasteiger partial charge is 0.457 e. The van der Waals surface area contributed by atoms with Gasteiger partial charge >= 0.3 is 11.9 Å². The number of nitrogens with zero attached hydrogens (tertiary/aromatic N) is 1. The van der Waals surface area contributed by atoms with Gasteiger partial charge in [-0.15, -0.1) is 0 Å². The average molecular weight is 844 g/mol. The number of ketones is 2. The SMILES string of the molecule is C[C@@H]1C[C@H]2[C@@H]3CCC4=CC(=O)C=C[C@]4(C)[C@@]3(F)[C@@H](O)C[C@]2(C)[C@@]1(O)C(=O)COC(=O)c1ccccc1C(=O)OCc1ccc([C@@H](CN)C(=O)Nc2ccc3cnccc3c2)cc1. The Hall–Kier alpha value is -5.89. The number of pyridine rings is 1. The Bertz CT molecular complexity index is 2540. The van der Waals surface area contributed by atoms with Crippen molar-refractivity contribution >= 4 is 45.9 Å². The lowest BCUT2D eigenvalue weighted by atomic mass is 9.44. The Balaban J connectivity index is 0.899. The van der Waals surface area contributed by atoms with E-state index in [1.807, 2.05) is 18.2 Å². The third kappa shape index (κ3) is 6.86. The zero-order valence-electron chi connectivity index (χ0n) is 34.8. The van der Waals surface area contributed by atoms with Crippen LogP contribution in [-0.4, -0.2) is 75.1 Å². The van der Waals surface area contributed by atoms with E-state index in [1.165, 1.54) is 30.4 Å². The lowest BCUT2D eigenvalue weighted by molar-refractivity contribution is -0.219. The normalized spacial score (nSPS) is 30.3. The summed E-state index contributed by atoms with van der Waals surface area (Å²) >= 11 is 0. The number of hydrogen-bond acceptors (Lipinski definition) is 11. The van der Waals surface area contributed by atoms with Crippen LogP contribution < -0.4 is 11.1 Å². The number of nitrogens with one attached hydrogen (secondary N) is 1. The van der Waals surface area contributed by atoms with Crippen molar-refractivity contribution in [1.82, 2.24) is 4.98 Å². The Morgan fingerprint density at radius 3 is 2.39 bits per heavy atom. The molecule has 5 N–H and O–H groups in total. The first kappa shape index (κ1) is 42.8. The number of carbonyl (C=O) groups excluding carboxylic acids is 5. The molecule has 4 aliphatic rings. The van der Waals surface area contributed by atoms with Crippen LogP contribution in [0.15, 0.2) is 109 Å². The highest BCUT2D eigenvalue weighted by Crippen LogP contribution is 2.70. The second kappa shape index (κ2) is 16.1. The van der Waals surface area contributed by atoms with Gasteiger partial charge < -0.3 is 30.7 Å². The van der Waals surface area contributed by atoms with Gasteiger partial charge in [0, 0.05) is 46.8 Å². The maximum Gasteiger partial charge on any atom is 0.339 e. The topological polar surface area (TPSA) is 195 Å². The number of aliphatic hydroxyl groups is 2. The van der Waals surface area contributed by atoms with E-state index in [-0.39, 0.29) is 42.4 Å². The maximum atomic E-state index is 17.6. The van der Waals surface area contributed by atoms with E-state index in [2.05, 4.69) is 10.3 Å². The quantitative estimate of drug-likeness (QED) is 0.123. The number of allylic oxidation sites excluding steroid dienone is 4. The fraction of sp³-hybridized carbons (Fsp3) is 0.388. The summed E-state index contributed by atoms with van der Waals surface area (Å²) in [5.74, 6) is -5.60. The van der Waals surface area contributed by atoms with Crippen LogP contribution in [-0.2, 0) is 30.5 Å². The van der Waals surface area contributed by atoms with E-state index in [0.717, 1.165) is 10.8 Å². The number of nitrogens with two attached hydrogens (primary N) is 1. The predicted octanol–water partition coefficient (Wildman–Crippen LogP) is 6.35. The lowest BCUT2D eigenvalue weighted by Gasteiger charge is -2.62. The molecule has 9 atom stereocenters. The number of rotatable bonds is 11. The van der Waals surface area contributed by atoms with Gasteiger partial charge in [0.25, 0.3) is 0 Å². The van der Waals surface area contributed by atoms with Crippen molar-refractivity contribution in [1.29, 1.82) is 0 Å². The molecule has 322 valence electrons. The zero-order chi connectivity index (χ0) is 44.2. The molecule has 13 heteroatoms. The van der Waals surface area contributed by atoms with E-state index < -0.39 is 76.2 Å². The van der Waals surface area contributed by atoms with Crippen LogP contribution in [0.4, 0.5) is 10.1 Å². The number of Topliss-reactive ketones (excluding diaryl/α,β-unsaturated/α-hetero) is 1. The monoisotopic (exact) mass is 843 g/mol. The van der Waals surface area contributed by atoms with Crippen LogP contribution in [0.1, 0.15) is 84.2 Å². The smallest absolute Gasteiger partial charge is 0.339 e. The molecule has 4 aliphatic carbocycles. The van der Waals surface area contributed by atoms with Crippen molar-refractivity contribution in [3.63, 3.8) is 0 Å². The Labute approximate surface area is 358 Å². The molecule has 12 nitrogen and oxygen atoms in total. The van der Waals surface area contributed by atoms with Crippen LogP contribution in [0, 0.1) is 28.6 Å². The highest BCUT2D eigenvalue weighted by Gasteiger charge is 2.75. The minimum absolute atomic E-state index is 0.0543. The molecule has 0 radical (unpaired) electrons. The minimum atomic E-state index is -2.13. The molecule has 0 bridgehead atoms. The van der Waals surface area contributed by atoms with Gasteiger partial charge in [-0.05, 0) is 103 Å². The number of amides is 1. The molecule has 1 heterocycles. The Morgan fingerprint density at radius 2 is 1.68 bits per heavy atom. The molecule has 0 spiro atoms. The predicted molar refractivity (Wildman–Crippen MR) is 227 cm³/mol. The standard InChI is InChI=1S/C49H50FN3O9/c1-28-20-40-39-15-13-33-22-35(54)16-18-46(33,2)48(39,50)41(55)23-47(40,3)49(28,60)42(56)27-62-45(59)37-7-5-4-6-36(37)44(58)61-26-29-8-10-30(11-9-29)38(24-51)43(57)53-34-14-12-32-25-52-19-17-31(32)21-34/h4-12,14,16-19,21-22,25,28,38-41,55,60H,13,15,20,23-24,26-27,51H2,1-3H3,(H,53,57)/t28-,38-,39+,40+,41+,46+,47+,48+,49+/m1/s1. The summed E-state index contributed by atoms with van der Waals surface area (Å²) in [6.07, 6.45) is 7.07. The summed E-state index contributed by atoms with van der Waals surface area (Å²) in [6.45, 7) is 4.19. The van der Waals surface area contributed by atoms with E-state index in [0.29, 0.717) is 41.6 Å². The number of benzene rings is 3. The third-order valence-electron chi connectivity index (χ3n) is 14.6. The first-order valence-electron chi connectivity index (χ1n) is 21.0. The van der Waals surface area contributed by atoms with Crippen LogP contribution in [0.3, 0.4) is 0 Å². The van der Waals surface area contributed by atoms with E-state index >= 15 is 4.39 Å². The van der Waals surface area contributed by atoms with Gasteiger partial charge in [0.1, 0.15) is 12.2 Å². The minimum Gasteiger partial charge on any atom is -0.457 e. The van der Waals surface area contributed by atoms with Crippen molar-refractivity contribution in [2.24, 2.45) is 34.3 Å².